The first-order valence-corrected chi connectivity index (χ1v) is 11.4. The highest BCUT2D eigenvalue weighted by Gasteiger charge is 2.32. The van der Waals surface area contributed by atoms with Crippen LogP contribution in [0.3, 0.4) is 0 Å². The van der Waals surface area contributed by atoms with Gasteiger partial charge in [-0.25, -0.2) is 0 Å². The molecule has 0 aliphatic rings. The van der Waals surface area contributed by atoms with E-state index in [4.69, 9.17) is 10.8 Å². The first kappa shape index (κ1) is 27.5. The molecule has 6 N–H and O–H groups in total. The smallest absolute Gasteiger partial charge is 0.152 e. The van der Waals surface area contributed by atoms with E-state index in [0.29, 0.717) is 0 Å². The summed E-state index contributed by atoms with van der Waals surface area (Å²) in [5, 5.41) is 37.5. The summed E-state index contributed by atoms with van der Waals surface area (Å²) in [6.07, 6.45) is 12.9. The largest absolute Gasteiger partial charge is 0.394 e. The molecule has 0 amide bonds. The Hall–Kier alpha value is -0.530. The second-order valence-electron chi connectivity index (χ2n) is 8.07. The summed E-state index contributed by atoms with van der Waals surface area (Å²) < 4.78 is 0. The minimum Gasteiger partial charge on any atom is -0.394 e. The zero-order valence-electron chi connectivity index (χ0n) is 17.9. The van der Waals surface area contributed by atoms with Gasteiger partial charge in [0.1, 0.15) is 18.3 Å². The lowest BCUT2D eigenvalue weighted by molar-refractivity contribution is -0.129. The number of ketones is 1. The average Bonchev–Trinajstić information content (AvgIpc) is 2.71. The molecule has 0 saturated carbocycles. The summed E-state index contributed by atoms with van der Waals surface area (Å²) in [6, 6.07) is -1.24. The molecule has 0 aliphatic carbocycles. The van der Waals surface area contributed by atoms with Gasteiger partial charge in [0.2, 0.25) is 0 Å². The Balaban J connectivity index is 3.54. The fourth-order valence-corrected chi connectivity index (χ4v) is 3.40. The first-order chi connectivity index (χ1) is 13.5. The third-order valence-corrected chi connectivity index (χ3v) is 5.45. The topological polar surface area (TPSA) is 124 Å². The lowest BCUT2D eigenvalue weighted by Gasteiger charge is -2.25. The van der Waals surface area contributed by atoms with Crippen LogP contribution >= 0.6 is 0 Å². The van der Waals surface area contributed by atoms with Crippen molar-refractivity contribution in [1.29, 1.82) is 0 Å². The third-order valence-electron chi connectivity index (χ3n) is 5.45. The van der Waals surface area contributed by atoms with E-state index in [1.165, 1.54) is 70.6 Å². The van der Waals surface area contributed by atoms with Crippen LogP contribution in [0.25, 0.3) is 0 Å². The van der Waals surface area contributed by atoms with Gasteiger partial charge in [0.25, 0.3) is 0 Å². The van der Waals surface area contributed by atoms with E-state index >= 15 is 0 Å². The van der Waals surface area contributed by atoms with Crippen molar-refractivity contribution in [2.45, 2.75) is 128 Å². The lowest BCUT2D eigenvalue weighted by atomic mass is 9.95. The van der Waals surface area contributed by atoms with Crippen molar-refractivity contribution in [3.63, 3.8) is 0 Å². The van der Waals surface area contributed by atoms with Crippen molar-refractivity contribution in [3.05, 3.63) is 0 Å². The number of aliphatic hydroxyl groups is 4. The third kappa shape index (κ3) is 13.6. The number of nitrogens with two attached hydrogens (primary N) is 1. The van der Waals surface area contributed by atoms with Crippen LogP contribution in [0.15, 0.2) is 0 Å². The molecule has 0 heterocycles. The maximum atomic E-state index is 12.0. The van der Waals surface area contributed by atoms with Crippen molar-refractivity contribution in [3.8, 4) is 0 Å². The maximum absolute atomic E-state index is 12.0. The molecule has 0 fully saturated rings. The predicted octanol–water partition coefficient (Wildman–Crippen LogP) is 2.83. The Morgan fingerprint density at radius 3 is 1.50 bits per heavy atom. The molecule has 168 valence electrons. The van der Waals surface area contributed by atoms with Crippen LogP contribution in [-0.4, -0.2) is 57.2 Å². The van der Waals surface area contributed by atoms with Gasteiger partial charge in [0.05, 0.1) is 12.6 Å². The van der Waals surface area contributed by atoms with Gasteiger partial charge in [0.15, 0.2) is 5.78 Å². The number of aliphatic hydroxyl groups excluding tert-OH is 4. The summed E-state index contributed by atoms with van der Waals surface area (Å²) in [6.45, 7) is 1.55. The number of rotatable bonds is 20. The van der Waals surface area contributed by atoms with Crippen molar-refractivity contribution in [1.82, 2.24) is 0 Å². The van der Waals surface area contributed by atoms with E-state index in [0.717, 1.165) is 19.3 Å². The molecular weight excluding hydrogens is 358 g/mol. The summed E-state index contributed by atoms with van der Waals surface area (Å²) in [4.78, 5) is 12.0. The van der Waals surface area contributed by atoms with Crippen LogP contribution < -0.4 is 5.73 Å². The fraction of sp³-hybridized carbons (Fsp3) is 0.955. The van der Waals surface area contributed by atoms with Gasteiger partial charge in [-0.2, -0.15) is 0 Å². The molecule has 0 saturated heterocycles. The summed E-state index contributed by atoms with van der Waals surface area (Å²) >= 11 is 0. The van der Waals surface area contributed by atoms with E-state index in [9.17, 15) is 20.1 Å². The number of hydrogen-bond donors (Lipinski definition) is 5. The SMILES string of the molecule is CCCCCCCCCCCCCCCCC(=O)[C@H](N)[C@@H](O)[C@H](O)[C@H](O)CO. The van der Waals surface area contributed by atoms with E-state index < -0.39 is 31.0 Å². The van der Waals surface area contributed by atoms with Gasteiger partial charge in [-0.15, -0.1) is 0 Å². The first-order valence-electron chi connectivity index (χ1n) is 11.4. The number of carbonyl (C=O) groups excluding carboxylic acids is 1. The summed E-state index contributed by atoms with van der Waals surface area (Å²) in [7, 11) is 0. The van der Waals surface area contributed by atoms with Gasteiger partial charge in [-0.05, 0) is 6.42 Å². The molecule has 0 aromatic carbocycles. The van der Waals surface area contributed by atoms with Crippen molar-refractivity contribution in [2.75, 3.05) is 6.61 Å². The Bertz CT molecular complexity index is 367. The van der Waals surface area contributed by atoms with Crippen molar-refractivity contribution >= 4 is 5.78 Å². The van der Waals surface area contributed by atoms with Gasteiger partial charge in [-0.3, -0.25) is 4.79 Å². The summed E-state index contributed by atoms with van der Waals surface area (Å²) in [5.41, 5.74) is 5.66. The minimum absolute atomic E-state index is 0.262. The van der Waals surface area contributed by atoms with Crippen LogP contribution in [0.1, 0.15) is 103 Å². The van der Waals surface area contributed by atoms with Gasteiger partial charge in [0, 0.05) is 6.42 Å². The molecule has 6 nitrogen and oxygen atoms in total. The Morgan fingerprint density at radius 1 is 0.714 bits per heavy atom. The van der Waals surface area contributed by atoms with Gasteiger partial charge >= 0.3 is 0 Å². The van der Waals surface area contributed by atoms with Crippen LogP contribution in [0.2, 0.25) is 0 Å². The molecule has 0 radical (unpaired) electrons. The lowest BCUT2D eigenvalue weighted by Crippen LogP contribution is -2.52. The molecule has 0 bridgehead atoms. The van der Waals surface area contributed by atoms with Crippen LogP contribution in [0.4, 0.5) is 0 Å². The predicted molar refractivity (Wildman–Crippen MR) is 113 cm³/mol. The summed E-state index contributed by atoms with van der Waals surface area (Å²) in [5.74, 6) is -0.323. The molecule has 0 unspecified atom stereocenters. The zero-order chi connectivity index (χ0) is 21.2. The second-order valence-corrected chi connectivity index (χ2v) is 8.07. The number of unbranched alkanes of at least 4 members (excludes halogenated alkanes) is 13. The Morgan fingerprint density at radius 2 is 1.11 bits per heavy atom. The van der Waals surface area contributed by atoms with Crippen LogP contribution in [0.5, 0.6) is 0 Å². The molecule has 0 rings (SSSR count). The number of hydrogen-bond acceptors (Lipinski definition) is 6. The fourth-order valence-electron chi connectivity index (χ4n) is 3.40. The Labute approximate surface area is 171 Å². The molecule has 0 spiro atoms. The van der Waals surface area contributed by atoms with Crippen LogP contribution in [0, 0.1) is 0 Å². The van der Waals surface area contributed by atoms with Crippen molar-refractivity contribution in [2.24, 2.45) is 5.73 Å². The minimum atomic E-state index is -1.62. The maximum Gasteiger partial charge on any atom is 0.152 e. The highest BCUT2D eigenvalue weighted by atomic mass is 16.4. The van der Waals surface area contributed by atoms with E-state index in [2.05, 4.69) is 6.92 Å². The number of Topliss-reactive ketones (excluding diaryl/α,β-unsaturated/α-hetero) is 1. The molecule has 4 atom stereocenters. The molecule has 0 aliphatic heterocycles. The number of carbonyl (C=O) groups is 1. The van der Waals surface area contributed by atoms with E-state index in [1.807, 2.05) is 0 Å². The van der Waals surface area contributed by atoms with Gasteiger partial charge in [-0.1, -0.05) is 90.4 Å². The molecular formula is C22H45NO5. The van der Waals surface area contributed by atoms with Gasteiger partial charge < -0.3 is 26.2 Å². The molecule has 0 aromatic rings. The van der Waals surface area contributed by atoms with Crippen LogP contribution in [-0.2, 0) is 4.79 Å². The quantitative estimate of drug-likeness (QED) is 0.199. The molecule has 6 heteroatoms. The highest BCUT2D eigenvalue weighted by Crippen LogP contribution is 2.14. The van der Waals surface area contributed by atoms with Crippen molar-refractivity contribution < 1.29 is 25.2 Å². The standard InChI is InChI=1S/C22H45NO5/c1-2-3-4-5-6-7-8-9-10-11-12-13-14-15-16-18(25)20(23)22(28)21(27)19(26)17-24/h19-22,24,26-28H,2-17,23H2,1H3/t19-,20+,21-,22-/m1/s1. The monoisotopic (exact) mass is 403 g/mol. The second kappa shape index (κ2) is 18.5. The normalized spacial score (nSPS) is 15.9. The molecule has 0 aromatic heterocycles. The molecule has 28 heavy (non-hydrogen) atoms. The highest BCUT2D eigenvalue weighted by molar-refractivity contribution is 5.84. The van der Waals surface area contributed by atoms with E-state index in [-0.39, 0.29) is 12.2 Å². The Kier molecular flexibility index (Phi) is 18.1. The van der Waals surface area contributed by atoms with E-state index in [1.54, 1.807) is 0 Å². The average molecular weight is 404 g/mol. The zero-order valence-corrected chi connectivity index (χ0v) is 17.9.